The minimum atomic E-state index is -0.502. The van der Waals surface area contributed by atoms with Gasteiger partial charge in [-0.2, -0.15) is 0 Å². The fourth-order valence-electron chi connectivity index (χ4n) is 3.25. The van der Waals surface area contributed by atoms with Crippen molar-refractivity contribution in [1.82, 2.24) is 15.2 Å². The van der Waals surface area contributed by atoms with Crippen molar-refractivity contribution >= 4 is 5.91 Å². The number of rotatable bonds is 3. The summed E-state index contributed by atoms with van der Waals surface area (Å²) in [7, 11) is 3.96. The Bertz CT molecular complexity index is 523. The van der Waals surface area contributed by atoms with Gasteiger partial charge in [0.05, 0.1) is 29.9 Å². The highest BCUT2D eigenvalue weighted by molar-refractivity contribution is 5.94. The first-order valence-corrected chi connectivity index (χ1v) is 6.77. The number of carbonyl (C=O) groups is 1. The molecule has 6 heteroatoms. The van der Waals surface area contributed by atoms with E-state index < -0.39 is 5.82 Å². The Balaban J connectivity index is 1.72. The van der Waals surface area contributed by atoms with Gasteiger partial charge in [0, 0.05) is 18.7 Å². The van der Waals surface area contributed by atoms with Crippen molar-refractivity contribution in [2.75, 3.05) is 20.7 Å². The van der Waals surface area contributed by atoms with Crippen LogP contribution >= 0.6 is 0 Å². The molecule has 1 amide bonds. The Morgan fingerprint density at radius 1 is 1.50 bits per heavy atom. The van der Waals surface area contributed by atoms with Crippen molar-refractivity contribution in [3.05, 3.63) is 29.8 Å². The first-order chi connectivity index (χ1) is 9.58. The maximum atomic E-state index is 13.1. The number of halogens is 1. The lowest BCUT2D eigenvalue weighted by Gasteiger charge is -2.50. The highest BCUT2D eigenvalue weighted by Gasteiger charge is 2.55. The molecule has 20 heavy (non-hydrogen) atoms. The monoisotopic (exact) mass is 279 g/mol. The van der Waals surface area contributed by atoms with Gasteiger partial charge < -0.3 is 15.0 Å². The molecule has 108 valence electrons. The molecule has 1 aliphatic heterocycles. The molecule has 1 saturated heterocycles. The zero-order valence-corrected chi connectivity index (χ0v) is 11.5. The normalized spacial score (nSPS) is 31.8. The van der Waals surface area contributed by atoms with E-state index in [0.717, 1.165) is 19.2 Å². The zero-order valence-electron chi connectivity index (χ0n) is 11.5. The molecule has 5 nitrogen and oxygen atoms in total. The second-order valence-corrected chi connectivity index (χ2v) is 5.63. The van der Waals surface area contributed by atoms with Gasteiger partial charge >= 0.3 is 0 Å². The van der Waals surface area contributed by atoms with Crippen molar-refractivity contribution in [2.24, 2.45) is 5.92 Å². The predicted octanol–water partition coefficient (Wildman–Crippen LogP) is 0.668. The summed E-state index contributed by atoms with van der Waals surface area (Å²) >= 11 is 0. The molecular formula is C14H18FN3O2. The summed E-state index contributed by atoms with van der Waals surface area (Å²) in [6.45, 7) is 0.744. The van der Waals surface area contributed by atoms with Crippen LogP contribution in [0.15, 0.2) is 18.5 Å². The summed E-state index contributed by atoms with van der Waals surface area (Å²) < 4.78 is 18.8. The third kappa shape index (κ3) is 2.19. The van der Waals surface area contributed by atoms with Gasteiger partial charge in [-0.3, -0.25) is 9.78 Å². The van der Waals surface area contributed by atoms with Crippen LogP contribution < -0.4 is 5.32 Å². The van der Waals surface area contributed by atoms with Crippen molar-refractivity contribution in [2.45, 2.75) is 24.6 Å². The second kappa shape index (κ2) is 5.10. The van der Waals surface area contributed by atoms with E-state index in [1.165, 1.54) is 12.3 Å². The number of nitrogens with one attached hydrogen (secondary N) is 1. The van der Waals surface area contributed by atoms with Crippen LogP contribution in [0, 0.1) is 11.7 Å². The van der Waals surface area contributed by atoms with Crippen molar-refractivity contribution in [3.8, 4) is 0 Å². The van der Waals surface area contributed by atoms with Crippen LogP contribution in [-0.4, -0.2) is 54.7 Å². The maximum absolute atomic E-state index is 13.1. The Morgan fingerprint density at radius 3 is 3.00 bits per heavy atom. The van der Waals surface area contributed by atoms with Gasteiger partial charge in [0.15, 0.2) is 0 Å². The molecule has 1 aromatic rings. The number of pyridine rings is 1. The van der Waals surface area contributed by atoms with Crippen LogP contribution in [0.25, 0.3) is 0 Å². The Hall–Kier alpha value is -1.53. The van der Waals surface area contributed by atoms with Gasteiger partial charge in [-0.1, -0.05) is 0 Å². The van der Waals surface area contributed by atoms with E-state index in [4.69, 9.17) is 4.74 Å². The summed E-state index contributed by atoms with van der Waals surface area (Å²) in [5.41, 5.74) is 0.255. The minimum Gasteiger partial charge on any atom is -0.376 e. The molecule has 1 N–H and O–H groups in total. The molecule has 0 unspecified atom stereocenters. The smallest absolute Gasteiger partial charge is 0.253 e. The fraction of sp³-hybridized carbons (Fsp3) is 0.571. The average molecular weight is 279 g/mol. The average Bonchev–Trinajstić information content (AvgIpc) is 2.79. The van der Waals surface area contributed by atoms with Crippen LogP contribution in [-0.2, 0) is 4.74 Å². The minimum absolute atomic E-state index is 0.0493. The summed E-state index contributed by atoms with van der Waals surface area (Å²) in [6.07, 6.45) is 3.62. The van der Waals surface area contributed by atoms with Gasteiger partial charge in [-0.15, -0.1) is 0 Å². The molecule has 2 heterocycles. The Kier molecular flexibility index (Phi) is 3.43. The number of carbonyl (C=O) groups excluding carboxylic acids is 1. The number of fused-ring (bicyclic) bond motifs is 1. The summed E-state index contributed by atoms with van der Waals surface area (Å²) in [5, 5.41) is 3.00. The molecule has 1 aliphatic carbocycles. The molecule has 0 spiro atoms. The molecule has 0 bridgehead atoms. The van der Waals surface area contributed by atoms with E-state index in [9.17, 15) is 9.18 Å². The first kappa shape index (κ1) is 13.5. The van der Waals surface area contributed by atoms with Crippen LogP contribution in [0.3, 0.4) is 0 Å². The largest absolute Gasteiger partial charge is 0.376 e. The fourth-order valence-corrected chi connectivity index (χ4v) is 3.25. The Morgan fingerprint density at radius 2 is 2.30 bits per heavy atom. The third-order valence-corrected chi connectivity index (χ3v) is 4.21. The molecule has 1 saturated carbocycles. The summed E-state index contributed by atoms with van der Waals surface area (Å²) in [6, 6.07) is 1.43. The quantitative estimate of drug-likeness (QED) is 0.883. The number of amides is 1. The third-order valence-electron chi connectivity index (χ3n) is 4.21. The lowest BCUT2D eigenvalue weighted by molar-refractivity contribution is -0.0664. The van der Waals surface area contributed by atoms with E-state index >= 15 is 0 Å². The van der Waals surface area contributed by atoms with Gasteiger partial charge in [-0.25, -0.2) is 4.39 Å². The molecule has 2 fully saturated rings. The molecular weight excluding hydrogens is 261 g/mol. The van der Waals surface area contributed by atoms with Gasteiger partial charge in [0.2, 0.25) is 0 Å². The predicted molar refractivity (Wildman–Crippen MR) is 70.8 cm³/mol. The van der Waals surface area contributed by atoms with Crippen LogP contribution in [0.1, 0.15) is 16.8 Å². The van der Waals surface area contributed by atoms with Crippen molar-refractivity contribution in [1.29, 1.82) is 0 Å². The van der Waals surface area contributed by atoms with Crippen molar-refractivity contribution < 1.29 is 13.9 Å². The topological polar surface area (TPSA) is 54.5 Å². The zero-order chi connectivity index (χ0) is 14.3. The van der Waals surface area contributed by atoms with E-state index in [-0.39, 0.29) is 29.7 Å². The molecule has 0 aromatic carbocycles. The molecule has 2 aliphatic rings. The van der Waals surface area contributed by atoms with Gasteiger partial charge in [-0.05, 0) is 26.6 Å². The standard InChI is InChI=1S/C14H18FN3O2/c1-18(2)12-11(10-3-4-20-13(10)12)17-14(19)8-5-9(15)7-16-6-8/h5-7,10-13H,3-4H2,1-2H3,(H,17,19)/t10-,11+,12-,13-/m1/s1. The number of nitrogens with zero attached hydrogens (tertiary/aromatic N) is 2. The highest BCUT2D eigenvalue weighted by Crippen LogP contribution is 2.41. The van der Waals surface area contributed by atoms with E-state index in [1.807, 2.05) is 14.1 Å². The Labute approximate surface area is 117 Å². The molecule has 1 aromatic heterocycles. The van der Waals surface area contributed by atoms with Crippen LogP contribution in [0.2, 0.25) is 0 Å². The van der Waals surface area contributed by atoms with Crippen LogP contribution in [0.4, 0.5) is 4.39 Å². The van der Waals surface area contributed by atoms with E-state index in [1.54, 1.807) is 0 Å². The van der Waals surface area contributed by atoms with Gasteiger partial charge in [0.25, 0.3) is 5.91 Å². The maximum Gasteiger partial charge on any atom is 0.253 e. The van der Waals surface area contributed by atoms with Gasteiger partial charge in [0.1, 0.15) is 5.82 Å². The first-order valence-electron chi connectivity index (χ1n) is 6.77. The van der Waals surface area contributed by atoms with E-state index in [2.05, 4.69) is 15.2 Å². The summed E-state index contributed by atoms with van der Waals surface area (Å²) in [5.74, 6) is -0.426. The SMILES string of the molecule is CN(C)[C@@H]1[C@@H](NC(=O)c2cncc(F)c2)[C@H]2CCO[C@H]21. The number of ether oxygens (including phenoxy) is 1. The molecule has 0 radical (unpaired) electrons. The number of aromatic nitrogens is 1. The summed E-state index contributed by atoms with van der Waals surface area (Å²) in [4.78, 5) is 18.0. The lowest BCUT2D eigenvalue weighted by atomic mass is 9.71. The van der Waals surface area contributed by atoms with Crippen molar-refractivity contribution in [3.63, 3.8) is 0 Å². The number of hydrogen-bond acceptors (Lipinski definition) is 4. The second-order valence-electron chi connectivity index (χ2n) is 5.63. The lowest BCUT2D eigenvalue weighted by Crippen LogP contribution is -2.69. The number of likely N-dealkylation sites (N-methyl/N-ethyl adjacent to an activating group) is 1. The number of hydrogen-bond donors (Lipinski definition) is 1. The highest BCUT2D eigenvalue weighted by atomic mass is 19.1. The van der Waals surface area contributed by atoms with E-state index in [0.29, 0.717) is 5.92 Å². The molecule has 3 rings (SSSR count). The van der Waals surface area contributed by atoms with Crippen LogP contribution in [0.5, 0.6) is 0 Å². The molecule has 4 atom stereocenters.